The van der Waals surface area contributed by atoms with Gasteiger partial charge in [0.2, 0.25) is 0 Å². The highest BCUT2D eigenvalue weighted by Gasteiger charge is 1.94. The van der Waals surface area contributed by atoms with Crippen LogP contribution in [0.1, 0.15) is 13.3 Å². The maximum Gasteiger partial charge on any atom is 0.276 e. The largest absolute Gasteiger partial charge is 0.386 e. The van der Waals surface area contributed by atoms with Crippen molar-refractivity contribution < 1.29 is 14.4 Å². The molecule has 0 N–H and O–H groups in total. The first-order valence-electron chi connectivity index (χ1n) is 3.16. The SMILES string of the molecule is CC=CC(=O)CCON=C=O. The molecule has 0 aromatic heterocycles. The van der Waals surface area contributed by atoms with Gasteiger partial charge in [0, 0.05) is 11.6 Å². The van der Waals surface area contributed by atoms with Crippen LogP contribution in [-0.4, -0.2) is 18.5 Å². The average Bonchev–Trinajstić information content (AvgIpc) is 1.99. The van der Waals surface area contributed by atoms with E-state index in [1.54, 1.807) is 13.0 Å². The minimum Gasteiger partial charge on any atom is -0.386 e. The molecule has 11 heavy (non-hydrogen) atoms. The smallest absolute Gasteiger partial charge is 0.276 e. The molecule has 0 unspecified atom stereocenters. The third kappa shape index (κ3) is 6.48. The number of hydrogen-bond donors (Lipinski definition) is 0. The van der Waals surface area contributed by atoms with Crippen molar-refractivity contribution in [2.24, 2.45) is 5.16 Å². The Labute approximate surface area is 64.5 Å². The standard InChI is InChI=1S/C7H9NO3/c1-2-3-7(10)4-5-11-8-6-9/h2-3H,4-5H2,1H3. The van der Waals surface area contributed by atoms with Crippen molar-refractivity contribution in [2.45, 2.75) is 13.3 Å². The fraction of sp³-hybridized carbons (Fsp3) is 0.429. The molecule has 0 fully saturated rings. The fourth-order valence-corrected chi connectivity index (χ4v) is 0.487. The van der Waals surface area contributed by atoms with Crippen molar-refractivity contribution in [1.82, 2.24) is 0 Å². The third-order valence-corrected chi connectivity index (χ3v) is 0.894. The maximum absolute atomic E-state index is 10.7. The zero-order chi connectivity index (χ0) is 8.53. The Bertz CT molecular complexity index is 192. The molecular weight excluding hydrogens is 146 g/mol. The molecule has 60 valence electrons. The fourth-order valence-electron chi connectivity index (χ4n) is 0.487. The Kier molecular flexibility index (Phi) is 5.85. The van der Waals surface area contributed by atoms with Crippen molar-refractivity contribution in [2.75, 3.05) is 6.61 Å². The molecule has 0 amide bonds. The molecule has 0 aliphatic heterocycles. The lowest BCUT2D eigenvalue weighted by Crippen LogP contribution is -1.97. The van der Waals surface area contributed by atoms with E-state index in [1.807, 2.05) is 0 Å². The van der Waals surface area contributed by atoms with Crippen LogP contribution in [0.4, 0.5) is 0 Å². The summed E-state index contributed by atoms with van der Waals surface area (Å²) in [5, 5.41) is 2.82. The quantitative estimate of drug-likeness (QED) is 0.194. The summed E-state index contributed by atoms with van der Waals surface area (Å²) >= 11 is 0. The van der Waals surface area contributed by atoms with E-state index >= 15 is 0 Å². The first-order valence-corrected chi connectivity index (χ1v) is 3.16. The van der Waals surface area contributed by atoms with Crippen LogP contribution < -0.4 is 0 Å². The highest BCUT2D eigenvalue weighted by atomic mass is 16.6. The molecule has 4 nitrogen and oxygen atoms in total. The van der Waals surface area contributed by atoms with Gasteiger partial charge in [0.25, 0.3) is 6.08 Å². The second-order valence-corrected chi connectivity index (χ2v) is 1.73. The van der Waals surface area contributed by atoms with E-state index in [2.05, 4.69) is 9.99 Å². The summed E-state index contributed by atoms with van der Waals surface area (Å²) in [5.74, 6) is -0.0476. The number of ketones is 1. The van der Waals surface area contributed by atoms with Crippen molar-refractivity contribution in [3.8, 4) is 0 Å². The van der Waals surface area contributed by atoms with Crippen LogP contribution in [0.3, 0.4) is 0 Å². The summed E-state index contributed by atoms with van der Waals surface area (Å²) in [5.41, 5.74) is 0. The van der Waals surface area contributed by atoms with Gasteiger partial charge < -0.3 is 4.84 Å². The zero-order valence-corrected chi connectivity index (χ0v) is 6.24. The second-order valence-electron chi connectivity index (χ2n) is 1.73. The second kappa shape index (κ2) is 6.71. The molecule has 0 aliphatic carbocycles. The van der Waals surface area contributed by atoms with Crippen LogP contribution in [0.5, 0.6) is 0 Å². The van der Waals surface area contributed by atoms with E-state index in [-0.39, 0.29) is 18.8 Å². The summed E-state index contributed by atoms with van der Waals surface area (Å²) in [4.78, 5) is 24.5. The lowest BCUT2D eigenvalue weighted by atomic mass is 10.3. The highest BCUT2D eigenvalue weighted by Crippen LogP contribution is 1.87. The molecular formula is C7H9NO3. The van der Waals surface area contributed by atoms with Gasteiger partial charge >= 0.3 is 0 Å². The number of carbonyl (C=O) groups is 1. The van der Waals surface area contributed by atoms with Crippen LogP contribution in [0, 0.1) is 0 Å². The predicted molar refractivity (Wildman–Crippen MR) is 38.5 cm³/mol. The minimum atomic E-state index is -0.0476. The van der Waals surface area contributed by atoms with Crippen molar-refractivity contribution in [3.05, 3.63) is 12.2 Å². The van der Waals surface area contributed by atoms with Gasteiger partial charge in [0.05, 0.1) is 0 Å². The minimum absolute atomic E-state index is 0.0476. The number of hydrogen-bond acceptors (Lipinski definition) is 4. The lowest BCUT2D eigenvalue weighted by Gasteiger charge is -1.91. The van der Waals surface area contributed by atoms with Gasteiger partial charge in [0.15, 0.2) is 5.78 Å². The van der Waals surface area contributed by atoms with Crippen LogP contribution in [0.15, 0.2) is 17.3 Å². The average molecular weight is 155 g/mol. The van der Waals surface area contributed by atoms with Crippen molar-refractivity contribution >= 4 is 11.9 Å². The number of nitrogens with zero attached hydrogens (tertiary/aromatic N) is 1. The molecule has 4 heteroatoms. The van der Waals surface area contributed by atoms with Crippen molar-refractivity contribution in [1.29, 1.82) is 0 Å². The molecule has 0 radical (unpaired) electrons. The van der Waals surface area contributed by atoms with Crippen LogP contribution in [0.25, 0.3) is 0 Å². The molecule has 0 aromatic carbocycles. The molecule has 0 heterocycles. The van der Waals surface area contributed by atoms with Gasteiger partial charge in [0.1, 0.15) is 6.61 Å². The Morgan fingerprint density at radius 3 is 3.00 bits per heavy atom. The topological polar surface area (TPSA) is 55.7 Å². The molecule has 0 saturated heterocycles. The molecule has 0 rings (SSSR count). The van der Waals surface area contributed by atoms with E-state index in [1.165, 1.54) is 12.2 Å². The number of allylic oxidation sites excluding steroid dienone is 2. The number of rotatable bonds is 5. The number of carbonyl (C=O) groups excluding carboxylic acids is 2. The normalized spacial score (nSPS) is 9.18. The summed E-state index contributed by atoms with van der Waals surface area (Å²) in [6.45, 7) is 1.88. The van der Waals surface area contributed by atoms with E-state index in [4.69, 9.17) is 0 Å². The molecule has 0 aliphatic rings. The van der Waals surface area contributed by atoms with E-state index in [0.29, 0.717) is 0 Å². The van der Waals surface area contributed by atoms with Crippen molar-refractivity contribution in [3.63, 3.8) is 0 Å². The Morgan fingerprint density at radius 2 is 2.45 bits per heavy atom. The summed E-state index contributed by atoms with van der Waals surface area (Å²) < 4.78 is 0. The predicted octanol–water partition coefficient (Wildman–Crippen LogP) is 0.789. The Balaban J connectivity index is 3.38. The monoisotopic (exact) mass is 155 g/mol. The molecule has 0 saturated carbocycles. The maximum atomic E-state index is 10.7. The molecule has 0 atom stereocenters. The zero-order valence-electron chi connectivity index (χ0n) is 6.24. The van der Waals surface area contributed by atoms with Crippen LogP contribution in [-0.2, 0) is 14.4 Å². The van der Waals surface area contributed by atoms with Gasteiger partial charge in [-0.1, -0.05) is 6.08 Å². The van der Waals surface area contributed by atoms with Gasteiger partial charge in [-0.25, -0.2) is 4.79 Å². The first-order chi connectivity index (χ1) is 5.31. The Hall–Kier alpha value is -1.41. The molecule has 0 aromatic rings. The van der Waals surface area contributed by atoms with Gasteiger partial charge in [-0.2, -0.15) is 0 Å². The van der Waals surface area contributed by atoms with Gasteiger partial charge in [-0.05, 0) is 13.0 Å². The van der Waals surface area contributed by atoms with Gasteiger partial charge in [-0.15, -0.1) is 0 Å². The van der Waals surface area contributed by atoms with E-state index in [9.17, 15) is 9.59 Å². The molecule has 0 spiro atoms. The summed E-state index contributed by atoms with van der Waals surface area (Å²) in [6.07, 6.45) is 4.51. The van der Waals surface area contributed by atoms with E-state index in [0.717, 1.165) is 0 Å². The Morgan fingerprint density at radius 1 is 1.73 bits per heavy atom. The third-order valence-electron chi connectivity index (χ3n) is 0.894. The van der Waals surface area contributed by atoms with E-state index < -0.39 is 0 Å². The first kappa shape index (κ1) is 9.59. The summed E-state index contributed by atoms with van der Waals surface area (Å²) in [7, 11) is 0. The van der Waals surface area contributed by atoms with Crippen LogP contribution in [0.2, 0.25) is 0 Å². The summed E-state index contributed by atoms with van der Waals surface area (Å²) in [6, 6.07) is 0. The van der Waals surface area contributed by atoms with Gasteiger partial charge in [-0.3, -0.25) is 4.79 Å². The highest BCUT2D eigenvalue weighted by molar-refractivity contribution is 5.89. The van der Waals surface area contributed by atoms with Crippen LogP contribution >= 0.6 is 0 Å². The molecule has 0 bridgehead atoms. The lowest BCUT2D eigenvalue weighted by molar-refractivity contribution is -0.115. The number of isocyanates is 1.